The second-order valence-corrected chi connectivity index (χ2v) is 3.76. The molecule has 0 bridgehead atoms. The van der Waals surface area contributed by atoms with E-state index in [-0.39, 0.29) is 0 Å². The van der Waals surface area contributed by atoms with Gasteiger partial charge in [-0.2, -0.15) is 0 Å². The van der Waals surface area contributed by atoms with Gasteiger partial charge < -0.3 is 4.57 Å². The molecule has 0 saturated carbocycles. The highest BCUT2D eigenvalue weighted by Crippen LogP contribution is 2.33. The van der Waals surface area contributed by atoms with E-state index in [0.717, 1.165) is 0 Å². The van der Waals surface area contributed by atoms with E-state index in [2.05, 4.69) is 33.8 Å². The maximum absolute atomic E-state index is 4.10. The highest BCUT2D eigenvalue weighted by Gasteiger charge is 2.22. The molecule has 2 aromatic rings. The molecule has 0 unspecified atom stereocenters. The lowest BCUT2D eigenvalue weighted by Crippen LogP contribution is -2.04. The molecular formula is C12H12N2. The van der Waals surface area contributed by atoms with Crippen LogP contribution in [0.3, 0.4) is 0 Å². The Morgan fingerprint density at radius 3 is 3.07 bits per heavy atom. The highest BCUT2D eigenvalue weighted by atomic mass is 15.1. The van der Waals surface area contributed by atoms with Gasteiger partial charge in [-0.05, 0) is 24.0 Å². The minimum absolute atomic E-state index is 0.508. The van der Waals surface area contributed by atoms with Gasteiger partial charge in [0.15, 0.2) is 0 Å². The van der Waals surface area contributed by atoms with Gasteiger partial charge in [-0.1, -0.05) is 24.3 Å². The molecule has 0 fully saturated rings. The number of imidazole rings is 1. The smallest absolute Gasteiger partial charge is 0.0951 e. The lowest BCUT2D eigenvalue weighted by Gasteiger charge is -2.12. The Morgan fingerprint density at radius 2 is 2.21 bits per heavy atom. The normalized spacial score (nSPS) is 19.6. The largest absolute Gasteiger partial charge is 0.330 e. The molecule has 2 heteroatoms. The molecule has 0 aliphatic heterocycles. The second kappa shape index (κ2) is 2.98. The Morgan fingerprint density at radius 1 is 1.29 bits per heavy atom. The summed E-state index contributed by atoms with van der Waals surface area (Å²) in [5, 5.41) is 0. The summed E-state index contributed by atoms with van der Waals surface area (Å²) < 4.78 is 2.20. The molecule has 1 heterocycles. The predicted molar refractivity (Wildman–Crippen MR) is 55.1 cm³/mol. The summed E-state index contributed by atoms with van der Waals surface area (Å²) in [6, 6.07) is 9.20. The number of rotatable bonds is 1. The zero-order chi connectivity index (χ0) is 9.38. The Hall–Kier alpha value is -1.57. The van der Waals surface area contributed by atoms with E-state index in [1.165, 1.54) is 24.0 Å². The summed E-state index contributed by atoms with van der Waals surface area (Å²) in [6.07, 6.45) is 8.20. The van der Waals surface area contributed by atoms with Crippen LogP contribution in [0.4, 0.5) is 0 Å². The van der Waals surface area contributed by atoms with Gasteiger partial charge in [0.25, 0.3) is 0 Å². The quantitative estimate of drug-likeness (QED) is 0.665. The van der Waals surface area contributed by atoms with Crippen molar-refractivity contribution < 1.29 is 0 Å². The van der Waals surface area contributed by atoms with Gasteiger partial charge in [0.05, 0.1) is 12.4 Å². The summed E-state index contributed by atoms with van der Waals surface area (Å²) in [7, 11) is 0. The molecule has 1 aromatic heterocycles. The van der Waals surface area contributed by atoms with Gasteiger partial charge in [0, 0.05) is 12.4 Å². The van der Waals surface area contributed by atoms with Crippen molar-refractivity contribution in [2.45, 2.75) is 18.9 Å². The van der Waals surface area contributed by atoms with Crippen molar-refractivity contribution in [3.8, 4) is 0 Å². The number of nitrogens with zero attached hydrogens (tertiary/aromatic N) is 2. The summed E-state index contributed by atoms with van der Waals surface area (Å²) >= 11 is 0. The van der Waals surface area contributed by atoms with E-state index in [9.17, 15) is 0 Å². The molecule has 70 valence electrons. The first-order valence-electron chi connectivity index (χ1n) is 5.00. The fraction of sp³-hybridized carbons (Fsp3) is 0.250. The first kappa shape index (κ1) is 7.80. The maximum atomic E-state index is 4.10. The Labute approximate surface area is 83.2 Å². The minimum Gasteiger partial charge on any atom is -0.330 e. The van der Waals surface area contributed by atoms with Crippen molar-refractivity contribution in [3.05, 3.63) is 54.1 Å². The molecule has 2 nitrogen and oxygen atoms in total. The van der Waals surface area contributed by atoms with Crippen LogP contribution in [0.5, 0.6) is 0 Å². The number of aromatic nitrogens is 2. The fourth-order valence-electron chi connectivity index (χ4n) is 2.30. The molecule has 1 aliphatic carbocycles. The van der Waals surface area contributed by atoms with Crippen LogP contribution in [0, 0.1) is 0 Å². The molecule has 1 atom stereocenters. The third-order valence-electron chi connectivity index (χ3n) is 2.99. The zero-order valence-electron chi connectivity index (χ0n) is 7.93. The second-order valence-electron chi connectivity index (χ2n) is 3.76. The molecule has 1 aromatic carbocycles. The highest BCUT2D eigenvalue weighted by molar-refractivity contribution is 5.34. The molecule has 0 N–H and O–H groups in total. The average Bonchev–Trinajstić information content (AvgIpc) is 2.85. The van der Waals surface area contributed by atoms with Gasteiger partial charge in [-0.25, -0.2) is 4.98 Å². The fourth-order valence-corrected chi connectivity index (χ4v) is 2.30. The molecule has 1 aliphatic rings. The van der Waals surface area contributed by atoms with Gasteiger partial charge in [-0.3, -0.25) is 0 Å². The van der Waals surface area contributed by atoms with E-state index < -0.39 is 0 Å². The van der Waals surface area contributed by atoms with E-state index in [1.807, 2.05) is 18.7 Å². The van der Waals surface area contributed by atoms with Crippen molar-refractivity contribution >= 4 is 0 Å². The minimum atomic E-state index is 0.508. The van der Waals surface area contributed by atoms with E-state index >= 15 is 0 Å². The van der Waals surface area contributed by atoms with Crippen molar-refractivity contribution in [1.82, 2.24) is 9.55 Å². The third kappa shape index (κ3) is 1.07. The van der Waals surface area contributed by atoms with Gasteiger partial charge in [0.2, 0.25) is 0 Å². The van der Waals surface area contributed by atoms with Crippen LogP contribution in [0.15, 0.2) is 43.0 Å². The molecule has 0 spiro atoms. The van der Waals surface area contributed by atoms with Gasteiger partial charge in [-0.15, -0.1) is 0 Å². The Balaban J connectivity index is 2.06. The van der Waals surface area contributed by atoms with Gasteiger partial charge >= 0.3 is 0 Å². The van der Waals surface area contributed by atoms with Crippen LogP contribution >= 0.6 is 0 Å². The molecule has 0 amide bonds. The van der Waals surface area contributed by atoms with Crippen LogP contribution in [-0.4, -0.2) is 9.55 Å². The van der Waals surface area contributed by atoms with Crippen LogP contribution < -0.4 is 0 Å². The number of benzene rings is 1. The molecule has 3 rings (SSSR count). The van der Waals surface area contributed by atoms with Crippen molar-refractivity contribution in [2.75, 3.05) is 0 Å². The monoisotopic (exact) mass is 184 g/mol. The number of aryl methyl sites for hydroxylation is 1. The zero-order valence-corrected chi connectivity index (χ0v) is 7.93. The van der Waals surface area contributed by atoms with Crippen LogP contribution in [-0.2, 0) is 6.42 Å². The first-order chi connectivity index (χ1) is 6.95. The summed E-state index contributed by atoms with van der Waals surface area (Å²) in [5.74, 6) is 0. The molecular weight excluding hydrogens is 172 g/mol. The van der Waals surface area contributed by atoms with Crippen LogP contribution in [0.1, 0.15) is 23.6 Å². The Bertz CT molecular complexity index is 431. The lowest BCUT2D eigenvalue weighted by atomic mass is 10.1. The number of hydrogen-bond acceptors (Lipinski definition) is 1. The average molecular weight is 184 g/mol. The van der Waals surface area contributed by atoms with E-state index in [0.29, 0.717) is 6.04 Å². The van der Waals surface area contributed by atoms with E-state index in [1.54, 1.807) is 0 Å². The summed E-state index contributed by atoms with van der Waals surface area (Å²) in [5.41, 5.74) is 2.96. The molecule has 14 heavy (non-hydrogen) atoms. The van der Waals surface area contributed by atoms with Crippen molar-refractivity contribution in [1.29, 1.82) is 0 Å². The SMILES string of the molecule is c1ccc2c(c1)CC[C@@H]2n1ccnc1. The van der Waals surface area contributed by atoms with Crippen molar-refractivity contribution in [3.63, 3.8) is 0 Å². The third-order valence-corrected chi connectivity index (χ3v) is 2.99. The topological polar surface area (TPSA) is 17.8 Å². The lowest BCUT2D eigenvalue weighted by molar-refractivity contribution is 0.579. The summed E-state index contributed by atoms with van der Waals surface area (Å²) in [6.45, 7) is 0. The number of hydrogen-bond donors (Lipinski definition) is 0. The van der Waals surface area contributed by atoms with Crippen LogP contribution in [0.2, 0.25) is 0 Å². The first-order valence-corrected chi connectivity index (χ1v) is 5.00. The van der Waals surface area contributed by atoms with Crippen molar-refractivity contribution in [2.24, 2.45) is 0 Å². The maximum Gasteiger partial charge on any atom is 0.0951 e. The van der Waals surface area contributed by atoms with Gasteiger partial charge in [0.1, 0.15) is 0 Å². The molecule has 0 radical (unpaired) electrons. The number of fused-ring (bicyclic) bond motifs is 1. The van der Waals surface area contributed by atoms with Crippen LogP contribution in [0.25, 0.3) is 0 Å². The molecule has 0 saturated heterocycles. The summed E-state index contributed by atoms with van der Waals surface area (Å²) in [4.78, 5) is 4.10. The standard InChI is InChI=1S/C12H12N2/c1-2-4-11-10(3-1)5-6-12(11)14-8-7-13-9-14/h1-4,7-9,12H,5-6H2/t12-/m0/s1. The Kier molecular flexibility index (Phi) is 1.66. The van der Waals surface area contributed by atoms with E-state index in [4.69, 9.17) is 0 Å². The predicted octanol–water partition coefficient (Wildman–Crippen LogP) is 2.42.